The van der Waals surface area contributed by atoms with Gasteiger partial charge in [-0.3, -0.25) is 4.79 Å². The molecule has 5 heteroatoms. The van der Waals surface area contributed by atoms with E-state index in [4.69, 9.17) is 0 Å². The van der Waals surface area contributed by atoms with E-state index in [2.05, 4.69) is 15.9 Å². The van der Waals surface area contributed by atoms with Gasteiger partial charge in [0.2, 0.25) is 0 Å². The standard InChI is InChI=1S/C16H14BrF2NO/c1-10-3-5-12(8-13(10)17)16(21)20(2)9-11-4-6-14(18)15(19)7-11/h3-8H,9H2,1-2H3. The molecule has 0 aliphatic rings. The van der Waals surface area contributed by atoms with Crippen LogP contribution in [0.25, 0.3) is 0 Å². The third-order valence-electron chi connectivity index (χ3n) is 3.17. The molecule has 0 saturated carbocycles. The Morgan fingerprint density at radius 1 is 1.14 bits per heavy atom. The normalized spacial score (nSPS) is 10.5. The highest BCUT2D eigenvalue weighted by atomic mass is 79.9. The molecule has 21 heavy (non-hydrogen) atoms. The van der Waals surface area contributed by atoms with Crippen molar-refractivity contribution in [2.45, 2.75) is 13.5 Å². The Morgan fingerprint density at radius 3 is 2.48 bits per heavy atom. The van der Waals surface area contributed by atoms with Crippen LogP contribution in [0.3, 0.4) is 0 Å². The monoisotopic (exact) mass is 353 g/mol. The number of hydrogen-bond acceptors (Lipinski definition) is 1. The second kappa shape index (κ2) is 6.35. The Kier molecular flexibility index (Phi) is 4.73. The number of nitrogens with zero attached hydrogens (tertiary/aromatic N) is 1. The van der Waals surface area contributed by atoms with E-state index >= 15 is 0 Å². The topological polar surface area (TPSA) is 20.3 Å². The lowest BCUT2D eigenvalue weighted by Crippen LogP contribution is -2.26. The number of amides is 1. The van der Waals surface area contributed by atoms with Crippen molar-refractivity contribution >= 4 is 21.8 Å². The minimum absolute atomic E-state index is 0.180. The van der Waals surface area contributed by atoms with E-state index in [1.165, 1.54) is 11.0 Å². The van der Waals surface area contributed by atoms with Crippen LogP contribution in [0.1, 0.15) is 21.5 Å². The minimum atomic E-state index is -0.911. The molecule has 0 N–H and O–H groups in total. The molecule has 0 aliphatic carbocycles. The first-order valence-corrected chi connectivity index (χ1v) is 7.13. The molecule has 0 aliphatic heterocycles. The van der Waals surface area contributed by atoms with Gasteiger partial charge in [0.25, 0.3) is 5.91 Å². The highest BCUT2D eigenvalue weighted by Gasteiger charge is 2.14. The molecule has 2 aromatic carbocycles. The number of carbonyl (C=O) groups is 1. The lowest BCUT2D eigenvalue weighted by Gasteiger charge is -2.18. The van der Waals surface area contributed by atoms with E-state index in [0.717, 1.165) is 22.2 Å². The van der Waals surface area contributed by atoms with E-state index in [9.17, 15) is 13.6 Å². The third-order valence-corrected chi connectivity index (χ3v) is 4.02. The van der Waals surface area contributed by atoms with E-state index in [1.807, 2.05) is 13.0 Å². The summed E-state index contributed by atoms with van der Waals surface area (Å²) in [6, 6.07) is 8.97. The molecule has 0 atom stereocenters. The molecule has 110 valence electrons. The second-order valence-electron chi connectivity index (χ2n) is 4.87. The van der Waals surface area contributed by atoms with Gasteiger partial charge in [0.1, 0.15) is 0 Å². The maximum absolute atomic E-state index is 13.2. The quantitative estimate of drug-likeness (QED) is 0.805. The average Bonchev–Trinajstić information content (AvgIpc) is 2.45. The Bertz CT molecular complexity index is 688. The molecule has 0 aromatic heterocycles. The van der Waals surface area contributed by atoms with Crippen molar-refractivity contribution in [1.29, 1.82) is 0 Å². The summed E-state index contributed by atoms with van der Waals surface area (Å²) in [6.07, 6.45) is 0. The molecular weight excluding hydrogens is 340 g/mol. The summed E-state index contributed by atoms with van der Waals surface area (Å²) in [4.78, 5) is 13.8. The number of benzene rings is 2. The molecule has 2 rings (SSSR count). The summed E-state index contributed by atoms with van der Waals surface area (Å²) in [7, 11) is 1.62. The second-order valence-corrected chi connectivity index (χ2v) is 5.73. The fourth-order valence-electron chi connectivity index (χ4n) is 1.93. The fourth-order valence-corrected chi connectivity index (χ4v) is 2.31. The first kappa shape index (κ1) is 15.6. The zero-order chi connectivity index (χ0) is 15.6. The van der Waals surface area contributed by atoms with Crippen LogP contribution in [-0.2, 0) is 6.54 Å². The molecule has 1 amide bonds. The predicted molar refractivity (Wildman–Crippen MR) is 81.0 cm³/mol. The summed E-state index contributed by atoms with van der Waals surface area (Å²) in [5, 5.41) is 0. The van der Waals surface area contributed by atoms with Crippen molar-refractivity contribution in [2.24, 2.45) is 0 Å². The van der Waals surface area contributed by atoms with Crippen molar-refractivity contribution in [3.05, 3.63) is 69.2 Å². The van der Waals surface area contributed by atoms with Crippen LogP contribution < -0.4 is 0 Å². The maximum atomic E-state index is 13.2. The summed E-state index contributed by atoms with van der Waals surface area (Å²) < 4.78 is 26.9. The van der Waals surface area contributed by atoms with Crippen LogP contribution in [0.4, 0.5) is 8.78 Å². The molecule has 2 aromatic rings. The fraction of sp³-hybridized carbons (Fsp3) is 0.188. The lowest BCUT2D eigenvalue weighted by molar-refractivity contribution is 0.0785. The molecule has 0 radical (unpaired) electrons. The van der Waals surface area contributed by atoms with E-state index in [-0.39, 0.29) is 12.5 Å². The zero-order valence-electron chi connectivity index (χ0n) is 11.7. The molecule has 0 fully saturated rings. The van der Waals surface area contributed by atoms with Gasteiger partial charge < -0.3 is 4.90 Å². The van der Waals surface area contributed by atoms with Gasteiger partial charge in [-0.2, -0.15) is 0 Å². The summed E-state index contributed by atoms with van der Waals surface area (Å²) >= 11 is 3.39. The summed E-state index contributed by atoms with van der Waals surface area (Å²) in [5.41, 5.74) is 2.11. The summed E-state index contributed by atoms with van der Waals surface area (Å²) in [5.74, 6) is -1.98. The first-order valence-electron chi connectivity index (χ1n) is 6.34. The van der Waals surface area contributed by atoms with Gasteiger partial charge in [0, 0.05) is 23.6 Å². The van der Waals surface area contributed by atoms with Crippen molar-refractivity contribution < 1.29 is 13.6 Å². The molecule has 0 heterocycles. The molecule has 0 bridgehead atoms. The molecule has 2 nitrogen and oxygen atoms in total. The van der Waals surface area contributed by atoms with Crippen LogP contribution >= 0.6 is 15.9 Å². The van der Waals surface area contributed by atoms with Gasteiger partial charge in [-0.15, -0.1) is 0 Å². The molecular formula is C16H14BrF2NO. The molecule has 0 spiro atoms. The highest BCUT2D eigenvalue weighted by Crippen LogP contribution is 2.19. The van der Waals surface area contributed by atoms with Crippen LogP contribution in [0.2, 0.25) is 0 Å². The highest BCUT2D eigenvalue weighted by molar-refractivity contribution is 9.10. The maximum Gasteiger partial charge on any atom is 0.253 e. The number of carbonyl (C=O) groups excluding carboxylic acids is 1. The number of rotatable bonds is 3. The SMILES string of the molecule is Cc1ccc(C(=O)N(C)Cc2ccc(F)c(F)c2)cc1Br. The Balaban J connectivity index is 2.15. The van der Waals surface area contributed by atoms with Crippen LogP contribution in [0.5, 0.6) is 0 Å². The van der Waals surface area contributed by atoms with Gasteiger partial charge in [0.05, 0.1) is 0 Å². The van der Waals surface area contributed by atoms with Crippen molar-refractivity contribution in [3.8, 4) is 0 Å². The van der Waals surface area contributed by atoms with Crippen LogP contribution in [-0.4, -0.2) is 17.9 Å². The van der Waals surface area contributed by atoms with Gasteiger partial charge >= 0.3 is 0 Å². The van der Waals surface area contributed by atoms with E-state index < -0.39 is 11.6 Å². The summed E-state index contributed by atoms with van der Waals surface area (Å²) in [6.45, 7) is 2.14. The van der Waals surface area contributed by atoms with Crippen molar-refractivity contribution in [2.75, 3.05) is 7.05 Å². The van der Waals surface area contributed by atoms with E-state index in [1.54, 1.807) is 19.2 Å². The smallest absolute Gasteiger partial charge is 0.253 e. The van der Waals surface area contributed by atoms with Crippen molar-refractivity contribution in [1.82, 2.24) is 4.90 Å². The zero-order valence-corrected chi connectivity index (χ0v) is 13.2. The number of halogens is 3. The van der Waals surface area contributed by atoms with Crippen molar-refractivity contribution in [3.63, 3.8) is 0 Å². The van der Waals surface area contributed by atoms with Gasteiger partial charge in [-0.05, 0) is 42.3 Å². The van der Waals surface area contributed by atoms with Crippen LogP contribution in [0.15, 0.2) is 40.9 Å². The molecule has 0 unspecified atom stereocenters. The van der Waals surface area contributed by atoms with Gasteiger partial charge in [-0.1, -0.05) is 28.1 Å². The first-order chi connectivity index (χ1) is 9.88. The van der Waals surface area contributed by atoms with Gasteiger partial charge in [0.15, 0.2) is 11.6 Å². The Labute approximate surface area is 130 Å². The number of aryl methyl sites for hydroxylation is 1. The average molecular weight is 354 g/mol. The minimum Gasteiger partial charge on any atom is -0.337 e. The Morgan fingerprint density at radius 2 is 1.86 bits per heavy atom. The predicted octanol–water partition coefficient (Wildman–Crippen LogP) is 4.31. The van der Waals surface area contributed by atoms with Gasteiger partial charge in [-0.25, -0.2) is 8.78 Å². The Hall–Kier alpha value is -1.75. The third kappa shape index (κ3) is 3.67. The molecule has 0 saturated heterocycles. The number of hydrogen-bond donors (Lipinski definition) is 0. The van der Waals surface area contributed by atoms with E-state index in [0.29, 0.717) is 11.1 Å². The lowest BCUT2D eigenvalue weighted by atomic mass is 10.1. The van der Waals surface area contributed by atoms with Crippen LogP contribution in [0, 0.1) is 18.6 Å². The largest absolute Gasteiger partial charge is 0.337 e.